The molecule has 1 unspecified atom stereocenters. The number of sulfone groups is 1. The van der Waals surface area contributed by atoms with E-state index in [9.17, 15) is 8.42 Å². The van der Waals surface area contributed by atoms with Crippen LogP contribution in [0.4, 0.5) is 0 Å². The van der Waals surface area contributed by atoms with Crippen LogP contribution in [-0.2, 0) is 9.84 Å². The second kappa shape index (κ2) is 6.33. The first kappa shape index (κ1) is 14.4. The maximum absolute atomic E-state index is 11.3. The molecule has 0 bridgehead atoms. The Hall–Kier alpha value is -0.650. The zero-order chi connectivity index (χ0) is 12.9. The summed E-state index contributed by atoms with van der Waals surface area (Å²) >= 11 is 5.95. The molecule has 0 saturated carbocycles. The molecule has 17 heavy (non-hydrogen) atoms. The Labute approximate surface area is 107 Å². The summed E-state index contributed by atoms with van der Waals surface area (Å²) in [4.78, 5) is 4.11. The minimum absolute atomic E-state index is 0.168. The average molecular weight is 277 g/mol. The molecular weight excluding hydrogens is 260 g/mol. The highest BCUT2D eigenvalue weighted by Crippen LogP contribution is 2.21. The van der Waals surface area contributed by atoms with Crippen molar-refractivity contribution in [3.63, 3.8) is 0 Å². The summed E-state index contributed by atoms with van der Waals surface area (Å²) in [5.41, 5.74) is 6.55. The van der Waals surface area contributed by atoms with Gasteiger partial charge < -0.3 is 5.73 Å². The molecule has 1 rings (SSSR count). The molecule has 0 aliphatic rings. The Kier molecular flexibility index (Phi) is 5.36. The van der Waals surface area contributed by atoms with Gasteiger partial charge in [0.25, 0.3) is 0 Å². The van der Waals surface area contributed by atoms with Crippen molar-refractivity contribution in [1.82, 2.24) is 4.98 Å². The van der Waals surface area contributed by atoms with E-state index in [1.54, 1.807) is 25.3 Å². The highest BCUT2D eigenvalue weighted by atomic mass is 35.5. The van der Waals surface area contributed by atoms with Crippen LogP contribution in [0.5, 0.6) is 0 Å². The van der Waals surface area contributed by atoms with Crippen molar-refractivity contribution in [2.24, 2.45) is 5.73 Å². The molecule has 0 aliphatic carbocycles. The smallest absolute Gasteiger partial charge is 0.150 e. The van der Waals surface area contributed by atoms with Crippen molar-refractivity contribution in [2.75, 3.05) is 11.5 Å². The van der Waals surface area contributed by atoms with Gasteiger partial charge in [-0.1, -0.05) is 18.5 Å². The molecule has 0 aromatic carbocycles. The second-order valence-corrected chi connectivity index (χ2v) is 6.74. The summed E-state index contributed by atoms with van der Waals surface area (Å²) in [5.74, 6) is 0.342. The van der Waals surface area contributed by atoms with Gasteiger partial charge >= 0.3 is 0 Å². The molecule has 96 valence electrons. The van der Waals surface area contributed by atoms with E-state index in [2.05, 4.69) is 4.98 Å². The van der Waals surface area contributed by atoms with Gasteiger partial charge in [0, 0.05) is 18.0 Å². The van der Waals surface area contributed by atoms with Gasteiger partial charge in [0.1, 0.15) is 9.84 Å². The van der Waals surface area contributed by atoms with E-state index in [0.29, 0.717) is 23.6 Å². The van der Waals surface area contributed by atoms with E-state index in [-0.39, 0.29) is 17.5 Å². The van der Waals surface area contributed by atoms with Crippen LogP contribution in [0.15, 0.2) is 18.3 Å². The van der Waals surface area contributed by atoms with Crippen LogP contribution in [0, 0.1) is 0 Å². The molecule has 1 aromatic heterocycles. The van der Waals surface area contributed by atoms with Crippen LogP contribution >= 0.6 is 11.6 Å². The lowest BCUT2D eigenvalue weighted by atomic mass is 10.1. The minimum Gasteiger partial charge on any atom is -0.323 e. The van der Waals surface area contributed by atoms with Gasteiger partial charge in [-0.15, -0.1) is 0 Å². The summed E-state index contributed by atoms with van der Waals surface area (Å²) in [6.45, 7) is 1.64. The summed E-state index contributed by atoms with van der Waals surface area (Å²) < 4.78 is 22.6. The van der Waals surface area contributed by atoms with Crippen molar-refractivity contribution in [3.05, 3.63) is 29.0 Å². The molecule has 1 heterocycles. The van der Waals surface area contributed by atoms with Crippen molar-refractivity contribution in [2.45, 2.75) is 25.8 Å². The average Bonchev–Trinajstić information content (AvgIpc) is 2.29. The van der Waals surface area contributed by atoms with Gasteiger partial charge in [0.05, 0.1) is 16.5 Å². The third-order valence-corrected chi connectivity index (χ3v) is 4.66. The number of halogens is 1. The fraction of sp³-hybridized carbons (Fsp3) is 0.545. The lowest BCUT2D eigenvalue weighted by Crippen LogP contribution is -2.15. The maximum atomic E-state index is 11.3. The second-order valence-electron chi connectivity index (χ2n) is 3.86. The standard InChI is InChI=1S/C11H17ClN2O2S/c1-2-17(15,16)8-4-6-10(13)11-9(12)5-3-7-14-11/h3,5,7,10H,2,4,6,8,13H2,1H3. The molecule has 0 spiro atoms. The Morgan fingerprint density at radius 2 is 2.24 bits per heavy atom. The first-order valence-electron chi connectivity index (χ1n) is 5.52. The van der Waals surface area contributed by atoms with Crippen LogP contribution in [0.2, 0.25) is 5.02 Å². The van der Waals surface area contributed by atoms with Crippen LogP contribution in [0.25, 0.3) is 0 Å². The van der Waals surface area contributed by atoms with Gasteiger partial charge in [0.15, 0.2) is 0 Å². The van der Waals surface area contributed by atoms with E-state index < -0.39 is 9.84 Å². The summed E-state index contributed by atoms with van der Waals surface area (Å²) in [6.07, 6.45) is 2.73. The molecule has 0 aliphatic heterocycles. The third-order valence-electron chi connectivity index (χ3n) is 2.55. The monoisotopic (exact) mass is 276 g/mol. The van der Waals surface area contributed by atoms with E-state index in [1.807, 2.05) is 0 Å². The van der Waals surface area contributed by atoms with Crippen LogP contribution < -0.4 is 5.73 Å². The largest absolute Gasteiger partial charge is 0.323 e. The highest BCUT2D eigenvalue weighted by Gasteiger charge is 2.13. The van der Waals surface area contributed by atoms with E-state index in [4.69, 9.17) is 17.3 Å². The molecule has 0 saturated heterocycles. The predicted molar refractivity (Wildman–Crippen MR) is 69.7 cm³/mol. The fourth-order valence-electron chi connectivity index (χ4n) is 1.47. The number of aromatic nitrogens is 1. The van der Waals surface area contributed by atoms with Gasteiger partial charge in [-0.2, -0.15) is 0 Å². The SMILES string of the molecule is CCS(=O)(=O)CCCC(N)c1ncccc1Cl. The lowest BCUT2D eigenvalue weighted by molar-refractivity contribution is 0.581. The quantitative estimate of drug-likeness (QED) is 0.862. The maximum Gasteiger partial charge on any atom is 0.150 e. The van der Waals surface area contributed by atoms with Gasteiger partial charge in [-0.3, -0.25) is 4.98 Å². The van der Waals surface area contributed by atoms with Crippen molar-refractivity contribution >= 4 is 21.4 Å². The lowest BCUT2D eigenvalue weighted by Gasteiger charge is -2.12. The summed E-state index contributed by atoms with van der Waals surface area (Å²) in [5, 5.41) is 0.526. The molecule has 1 atom stereocenters. The summed E-state index contributed by atoms with van der Waals surface area (Å²) in [7, 11) is -2.92. The third kappa shape index (κ3) is 4.61. The zero-order valence-corrected chi connectivity index (χ0v) is 11.3. The summed E-state index contributed by atoms with van der Waals surface area (Å²) in [6, 6.07) is 3.16. The number of rotatable bonds is 6. The van der Waals surface area contributed by atoms with E-state index in [0.717, 1.165) is 0 Å². The Balaban J connectivity index is 2.51. The van der Waals surface area contributed by atoms with Crippen molar-refractivity contribution in [1.29, 1.82) is 0 Å². The molecule has 4 nitrogen and oxygen atoms in total. The molecule has 0 fully saturated rings. The van der Waals surface area contributed by atoms with E-state index in [1.165, 1.54) is 0 Å². The Morgan fingerprint density at radius 1 is 1.53 bits per heavy atom. The topological polar surface area (TPSA) is 73.0 Å². The van der Waals surface area contributed by atoms with E-state index >= 15 is 0 Å². The first-order chi connectivity index (χ1) is 7.96. The van der Waals surface area contributed by atoms with Crippen molar-refractivity contribution in [3.8, 4) is 0 Å². The minimum atomic E-state index is -2.92. The molecule has 0 radical (unpaired) electrons. The van der Waals surface area contributed by atoms with Gasteiger partial charge in [-0.25, -0.2) is 8.42 Å². The van der Waals surface area contributed by atoms with Gasteiger partial charge in [-0.05, 0) is 25.0 Å². The van der Waals surface area contributed by atoms with Crippen LogP contribution in [-0.4, -0.2) is 24.9 Å². The predicted octanol–water partition coefficient (Wildman–Crippen LogP) is 1.95. The normalized spacial score (nSPS) is 13.6. The Morgan fingerprint density at radius 3 is 2.82 bits per heavy atom. The first-order valence-corrected chi connectivity index (χ1v) is 7.72. The number of hydrogen-bond acceptors (Lipinski definition) is 4. The zero-order valence-electron chi connectivity index (χ0n) is 9.77. The van der Waals surface area contributed by atoms with Crippen LogP contribution in [0.1, 0.15) is 31.5 Å². The van der Waals surface area contributed by atoms with Gasteiger partial charge in [0.2, 0.25) is 0 Å². The Bertz CT molecular complexity index is 462. The number of nitrogens with two attached hydrogens (primary N) is 1. The van der Waals surface area contributed by atoms with Crippen molar-refractivity contribution < 1.29 is 8.42 Å². The number of nitrogens with zero attached hydrogens (tertiary/aromatic N) is 1. The molecule has 2 N–H and O–H groups in total. The number of hydrogen-bond donors (Lipinski definition) is 1. The van der Waals surface area contributed by atoms with Crippen LogP contribution in [0.3, 0.4) is 0 Å². The molecule has 0 amide bonds. The molecule has 6 heteroatoms. The fourth-order valence-corrected chi connectivity index (χ4v) is 2.63. The highest BCUT2D eigenvalue weighted by molar-refractivity contribution is 7.91. The molecule has 1 aromatic rings. The molecular formula is C11H17ClN2O2S. The number of pyridine rings is 1.